The van der Waals surface area contributed by atoms with Crippen molar-refractivity contribution in [3.8, 4) is 0 Å². The SMILES string of the molecule is CC(CCN(C)C)NCCC(C)(C)C. The summed E-state index contributed by atoms with van der Waals surface area (Å²) >= 11 is 0. The molecule has 0 rings (SSSR count). The van der Waals surface area contributed by atoms with E-state index < -0.39 is 0 Å². The minimum Gasteiger partial charge on any atom is -0.314 e. The third-order valence-electron chi connectivity index (χ3n) is 2.38. The fourth-order valence-electron chi connectivity index (χ4n) is 1.25. The molecule has 0 saturated carbocycles. The van der Waals surface area contributed by atoms with Crippen LogP contribution in [0.25, 0.3) is 0 Å². The Morgan fingerprint density at radius 1 is 1.21 bits per heavy atom. The van der Waals surface area contributed by atoms with Crippen LogP contribution in [0, 0.1) is 5.41 Å². The molecule has 1 unspecified atom stereocenters. The minimum absolute atomic E-state index is 0.453. The lowest BCUT2D eigenvalue weighted by molar-refractivity contribution is 0.334. The van der Waals surface area contributed by atoms with Crippen LogP contribution in [0.3, 0.4) is 0 Å². The van der Waals surface area contributed by atoms with E-state index in [-0.39, 0.29) is 0 Å². The van der Waals surface area contributed by atoms with E-state index in [1.54, 1.807) is 0 Å². The van der Waals surface area contributed by atoms with E-state index in [9.17, 15) is 0 Å². The van der Waals surface area contributed by atoms with Crippen LogP contribution in [-0.4, -0.2) is 38.1 Å². The van der Waals surface area contributed by atoms with E-state index >= 15 is 0 Å². The van der Waals surface area contributed by atoms with Gasteiger partial charge >= 0.3 is 0 Å². The molecule has 0 heterocycles. The largest absolute Gasteiger partial charge is 0.314 e. The molecule has 0 aliphatic heterocycles. The molecule has 0 saturated heterocycles. The molecule has 2 nitrogen and oxygen atoms in total. The smallest absolute Gasteiger partial charge is 0.00509 e. The van der Waals surface area contributed by atoms with Crippen molar-refractivity contribution in [1.29, 1.82) is 0 Å². The minimum atomic E-state index is 0.453. The van der Waals surface area contributed by atoms with Crippen LogP contribution in [0.2, 0.25) is 0 Å². The Labute approximate surface area is 90.1 Å². The van der Waals surface area contributed by atoms with Crippen molar-refractivity contribution < 1.29 is 0 Å². The highest BCUT2D eigenvalue weighted by Gasteiger charge is 2.10. The van der Waals surface area contributed by atoms with Crippen LogP contribution in [0.1, 0.15) is 40.5 Å². The van der Waals surface area contributed by atoms with Gasteiger partial charge in [0.1, 0.15) is 0 Å². The Balaban J connectivity index is 3.40. The van der Waals surface area contributed by atoms with Crippen LogP contribution in [-0.2, 0) is 0 Å². The molecule has 0 aliphatic rings. The maximum Gasteiger partial charge on any atom is 0.00509 e. The Hall–Kier alpha value is -0.0800. The fourth-order valence-corrected chi connectivity index (χ4v) is 1.25. The van der Waals surface area contributed by atoms with Gasteiger partial charge in [-0.3, -0.25) is 0 Å². The van der Waals surface area contributed by atoms with Crippen molar-refractivity contribution in [2.24, 2.45) is 5.41 Å². The molecule has 0 aliphatic carbocycles. The molecular weight excluding hydrogens is 172 g/mol. The molecule has 0 fully saturated rings. The zero-order valence-electron chi connectivity index (χ0n) is 10.9. The van der Waals surface area contributed by atoms with Crippen molar-refractivity contribution in [2.75, 3.05) is 27.2 Å². The van der Waals surface area contributed by atoms with E-state index in [0.717, 1.165) is 6.54 Å². The van der Waals surface area contributed by atoms with Crippen LogP contribution in [0.15, 0.2) is 0 Å². The zero-order valence-corrected chi connectivity index (χ0v) is 10.9. The molecule has 0 aromatic heterocycles. The van der Waals surface area contributed by atoms with Crippen molar-refractivity contribution in [2.45, 2.75) is 46.6 Å². The maximum atomic E-state index is 3.57. The second-order valence-electron chi connectivity index (χ2n) is 5.76. The first-order chi connectivity index (χ1) is 6.31. The molecule has 2 heteroatoms. The molecule has 1 N–H and O–H groups in total. The van der Waals surface area contributed by atoms with Crippen molar-refractivity contribution in [3.05, 3.63) is 0 Å². The molecular formula is C12H28N2. The van der Waals surface area contributed by atoms with Gasteiger partial charge in [0, 0.05) is 6.04 Å². The highest BCUT2D eigenvalue weighted by Crippen LogP contribution is 2.17. The van der Waals surface area contributed by atoms with Crippen LogP contribution < -0.4 is 5.32 Å². The van der Waals surface area contributed by atoms with Gasteiger partial charge in [0.15, 0.2) is 0 Å². The summed E-state index contributed by atoms with van der Waals surface area (Å²) in [4.78, 5) is 2.24. The number of nitrogens with zero attached hydrogens (tertiary/aromatic N) is 1. The molecule has 1 atom stereocenters. The maximum absolute atomic E-state index is 3.57. The summed E-state index contributed by atoms with van der Waals surface area (Å²) in [6, 6.07) is 0.639. The topological polar surface area (TPSA) is 15.3 Å². The van der Waals surface area contributed by atoms with E-state index in [2.05, 4.69) is 52.0 Å². The first kappa shape index (κ1) is 13.9. The monoisotopic (exact) mass is 200 g/mol. The van der Waals surface area contributed by atoms with E-state index in [1.165, 1.54) is 19.4 Å². The summed E-state index contributed by atoms with van der Waals surface area (Å²) in [5.41, 5.74) is 0.453. The fraction of sp³-hybridized carbons (Fsp3) is 1.00. The molecule has 14 heavy (non-hydrogen) atoms. The Morgan fingerprint density at radius 3 is 2.21 bits per heavy atom. The van der Waals surface area contributed by atoms with E-state index in [0.29, 0.717) is 11.5 Å². The lowest BCUT2D eigenvalue weighted by atomic mass is 9.92. The van der Waals surface area contributed by atoms with Crippen molar-refractivity contribution in [1.82, 2.24) is 10.2 Å². The van der Waals surface area contributed by atoms with Gasteiger partial charge in [-0.05, 0) is 52.4 Å². The molecule has 0 bridgehead atoms. The van der Waals surface area contributed by atoms with Crippen LogP contribution in [0.4, 0.5) is 0 Å². The van der Waals surface area contributed by atoms with Gasteiger partial charge in [0.25, 0.3) is 0 Å². The normalized spacial score (nSPS) is 14.8. The average Bonchev–Trinajstić information content (AvgIpc) is 1.98. The van der Waals surface area contributed by atoms with Gasteiger partial charge in [0.05, 0.1) is 0 Å². The van der Waals surface area contributed by atoms with Gasteiger partial charge in [-0.2, -0.15) is 0 Å². The summed E-state index contributed by atoms with van der Waals surface area (Å²) in [6.07, 6.45) is 2.48. The summed E-state index contributed by atoms with van der Waals surface area (Å²) < 4.78 is 0. The third kappa shape index (κ3) is 10.0. The zero-order chi connectivity index (χ0) is 11.2. The Kier molecular flexibility index (Phi) is 6.38. The number of hydrogen-bond donors (Lipinski definition) is 1. The summed E-state index contributed by atoms with van der Waals surface area (Å²) in [7, 11) is 4.25. The lowest BCUT2D eigenvalue weighted by Gasteiger charge is -2.21. The second kappa shape index (κ2) is 6.41. The van der Waals surface area contributed by atoms with Gasteiger partial charge in [-0.15, -0.1) is 0 Å². The predicted octanol–water partition coefficient (Wildman–Crippen LogP) is 2.35. The third-order valence-corrected chi connectivity index (χ3v) is 2.38. The summed E-state index contributed by atoms with van der Waals surface area (Å²) in [6.45, 7) is 11.4. The molecule has 0 spiro atoms. The molecule has 0 aromatic rings. The Bertz CT molecular complexity index is 136. The number of rotatable bonds is 6. The number of nitrogens with one attached hydrogen (secondary N) is 1. The predicted molar refractivity (Wildman–Crippen MR) is 64.7 cm³/mol. The quantitative estimate of drug-likeness (QED) is 0.708. The van der Waals surface area contributed by atoms with Gasteiger partial charge < -0.3 is 10.2 Å². The second-order valence-corrected chi connectivity index (χ2v) is 5.76. The summed E-state index contributed by atoms with van der Waals surface area (Å²) in [5, 5.41) is 3.57. The first-order valence-electron chi connectivity index (χ1n) is 5.69. The van der Waals surface area contributed by atoms with Gasteiger partial charge in [0.2, 0.25) is 0 Å². The molecule has 0 radical (unpaired) electrons. The molecule has 0 amide bonds. The van der Waals surface area contributed by atoms with Crippen molar-refractivity contribution in [3.63, 3.8) is 0 Å². The van der Waals surface area contributed by atoms with Gasteiger partial charge in [-0.1, -0.05) is 20.8 Å². The number of hydrogen-bond acceptors (Lipinski definition) is 2. The van der Waals surface area contributed by atoms with Crippen LogP contribution >= 0.6 is 0 Å². The Morgan fingerprint density at radius 2 is 1.79 bits per heavy atom. The van der Waals surface area contributed by atoms with Crippen LogP contribution in [0.5, 0.6) is 0 Å². The van der Waals surface area contributed by atoms with Crippen molar-refractivity contribution >= 4 is 0 Å². The standard InChI is InChI=1S/C12H28N2/c1-11(7-10-14(5)6)13-9-8-12(2,3)4/h11,13H,7-10H2,1-6H3. The first-order valence-corrected chi connectivity index (χ1v) is 5.69. The van der Waals surface area contributed by atoms with E-state index in [4.69, 9.17) is 0 Å². The molecule has 86 valence electrons. The highest BCUT2D eigenvalue weighted by atomic mass is 15.1. The van der Waals surface area contributed by atoms with E-state index in [1.807, 2.05) is 0 Å². The van der Waals surface area contributed by atoms with Gasteiger partial charge in [-0.25, -0.2) is 0 Å². The molecule has 0 aromatic carbocycles. The highest BCUT2D eigenvalue weighted by molar-refractivity contribution is 4.67. The lowest BCUT2D eigenvalue weighted by Crippen LogP contribution is -2.32. The summed E-state index contributed by atoms with van der Waals surface area (Å²) in [5.74, 6) is 0. The average molecular weight is 200 g/mol.